The molecule has 2 nitrogen and oxygen atoms in total. The molecule has 0 saturated carbocycles. The highest BCUT2D eigenvalue weighted by molar-refractivity contribution is 9.11. The number of rotatable bonds is 5. The summed E-state index contributed by atoms with van der Waals surface area (Å²) in [5.74, 6) is 0. The van der Waals surface area contributed by atoms with Crippen molar-refractivity contribution < 1.29 is 0 Å². The first-order valence-electron chi connectivity index (χ1n) is 6.20. The van der Waals surface area contributed by atoms with E-state index >= 15 is 0 Å². The van der Waals surface area contributed by atoms with Crippen LogP contribution in [-0.4, -0.2) is 18.1 Å². The van der Waals surface area contributed by atoms with E-state index in [-0.39, 0.29) is 5.54 Å². The molecule has 0 aromatic heterocycles. The molecule has 1 atom stereocenters. The molecular weight excluding hydrogens is 356 g/mol. The third kappa shape index (κ3) is 6.32. The minimum absolute atomic E-state index is 0.175. The second kappa shape index (κ2) is 7.04. The average molecular weight is 378 g/mol. The van der Waals surface area contributed by atoms with Crippen molar-refractivity contribution in [1.29, 1.82) is 0 Å². The Kier molecular flexibility index (Phi) is 6.31. The minimum Gasteiger partial charge on any atom is -0.311 e. The van der Waals surface area contributed by atoms with Gasteiger partial charge in [-0.25, -0.2) is 0 Å². The monoisotopic (exact) mass is 376 g/mol. The van der Waals surface area contributed by atoms with E-state index in [2.05, 4.69) is 88.4 Å². The van der Waals surface area contributed by atoms with E-state index < -0.39 is 0 Å². The molecule has 102 valence electrons. The summed E-state index contributed by atoms with van der Waals surface area (Å²) in [7, 11) is 0. The van der Waals surface area contributed by atoms with Crippen molar-refractivity contribution in [2.45, 2.75) is 45.8 Å². The predicted molar refractivity (Wildman–Crippen MR) is 85.9 cm³/mol. The molecule has 0 amide bonds. The van der Waals surface area contributed by atoms with Crippen LogP contribution in [0.5, 0.6) is 0 Å². The van der Waals surface area contributed by atoms with Gasteiger partial charge in [-0.3, -0.25) is 0 Å². The van der Waals surface area contributed by atoms with Crippen LogP contribution in [0.25, 0.3) is 0 Å². The molecule has 1 rings (SSSR count). The van der Waals surface area contributed by atoms with Gasteiger partial charge in [0.15, 0.2) is 0 Å². The van der Waals surface area contributed by atoms with Crippen LogP contribution >= 0.6 is 31.9 Å². The van der Waals surface area contributed by atoms with E-state index in [9.17, 15) is 0 Å². The Morgan fingerprint density at radius 1 is 1.22 bits per heavy atom. The van der Waals surface area contributed by atoms with Crippen LogP contribution in [0.4, 0.5) is 0 Å². The maximum Gasteiger partial charge on any atom is 0.0231 e. The fraction of sp³-hybridized carbons (Fsp3) is 0.571. The van der Waals surface area contributed by atoms with Gasteiger partial charge in [0.2, 0.25) is 0 Å². The maximum atomic E-state index is 3.58. The lowest BCUT2D eigenvalue weighted by atomic mass is 10.1. The summed E-state index contributed by atoms with van der Waals surface area (Å²) in [6, 6.07) is 6.72. The smallest absolute Gasteiger partial charge is 0.0231 e. The Bertz CT molecular complexity index is 386. The molecule has 18 heavy (non-hydrogen) atoms. The van der Waals surface area contributed by atoms with Crippen molar-refractivity contribution in [3.05, 3.63) is 32.7 Å². The molecule has 0 spiro atoms. The van der Waals surface area contributed by atoms with E-state index in [0.717, 1.165) is 22.0 Å². The van der Waals surface area contributed by atoms with Crippen LogP contribution < -0.4 is 10.6 Å². The molecule has 1 aromatic rings. The molecular formula is C14H22Br2N2. The lowest BCUT2D eigenvalue weighted by molar-refractivity contribution is 0.387. The van der Waals surface area contributed by atoms with E-state index in [0.29, 0.717) is 6.04 Å². The Hall–Kier alpha value is 0.1000. The molecule has 0 bridgehead atoms. The van der Waals surface area contributed by atoms with E-state index in [1.54, 1.807) is 0 Å². The van der Waals surface area contributed by atoms with Gasteiger partial charge in [0.05, 0.1) is 0 Å². The Balaban J connectivity index is 2.40. The Morgan fingerprint density at radius 3 is 2.44 bits per heavy atom. The molecule has 0 aliphatic rings. The van der Waals surface area contributed by atoms with Crippen molar-refractivity contribution in [2.24, 2.45) is 0 Å². The summed E-state index contributed by atoms with van der Waals surface area (Å²) < 4.78 is 2.24. The number of benzene rings is 1. The number of nitrogens with one attached hydrogen (secondary N) is 2. The van der Waals surface area contributed by atoms with E-state index in [4.69, 9.17) is 0 Å². The Labute approximate surface area is 127 Å². The second-order valence-electron chi connectivity index (χ2n) is 5.65. The molecule has 0 fully saturated rings. The molecule has 0 saturated heterocycles. The van der Waals surface area contributed by atoms with Crippen molar-refractivity contribution in [2.75, 3.05) is 6.54 Å². The van der Waals surface area contributed by atoms with Gasteiger partial charge in [-0.05, 0) is 45.4 Å². The van der Waals surface area contributed by atoms with Crippen molar-refractivity contribution in [3.8, 4) is 0 Å². The standard InChI is InChI=1S/C14H22Br2N2/c1-10(8-18-14(2,3)4)17-9-11-5-6-12(15)7-13(11)16/h5-7,10,17-18H,8-9H2,1-4H3. The first kappa shape index (κ1) is 16.2. The van der Waals surface area contributed by atoms with Gasteiger partial charge in [-0.2, -0.15) is 0 Å². The third-order valence-corrected chi connectivity index (χ3v) is 3.83. The van der Waals surface area contributed by atoms with E-state index in [1.165, 1.54) is 5.56 Å². The molecule has 4 heteroatoms. The van der Waals surface area contributed by atoms with Crippen LogP contribution in [-0.2, 0) is 6.54 Å². The molecule has 0 heterocycles. The first-order valence-corrected chi connectivity index (χ1v) is 7.79. The van der Waals surface area contributed by atoms with Gasteiger partial charge in [0.1, 0.15) is 0 Å². The second-order valence-corrected chi connectivity index (χ2v) is 7.42. The summed E-state index contributed by atoms with van der Waals surface area (Å²) in [6.07, 6.45) is 0. The van der Waals surface area contributed by atoms with Crippen LogP contribution in [0.2, 0.25) is 0 Å². The fourth-order valence-corrected chi connectivity index (χ4v) is 2.67. The zero-order chi connectivity index (χ0) is 13.8. The summed E-state index contributed by atoms with van der Waals surface area (Å²) in [6.45, 7) is 10.6. The van der Waals surface area contributed by atoms with Crippen molar-refractivity contribution in [1.82, 2.24) is 10.6 Å². The lowest BCUT2D eigenvalue weighted by Crippen LogP contribution is -2.44. The SMILES string of the molecule is CC(CNC(C)(C)C)NCc1ccc(Br)cc1Br. The van der Waals surface area contributed by atoms with Crippen LogP contribution in [0.1, 0.15) is 33.3 Å². The normalized spacial score (nSPS) is 13.7. The van der Waals surface area contributed by atoms with Crippen LogP contribution in [0, 0.1) is 0 Å². The Morgan fingerprint density at radius 2 is 1.89 bits per heavy atom. The van der Waals surface area contributed by atoms with Gasteiger partial charge < -0.3 is 10.6 Å². The zero-order valence-corrected chi connectivity index (χ0v) is 14.7. The quantitative estimate of drug-likeness (QED) is 0.807. The maximum absolute atomic E-state index is 3.58. The van der Waals surface area contributed by atoms with E-state index in [1.807, 2.05) is 0 Å². The summed E-state index contributed by atoms with van der Waals surface area (Å²) >= 11 is 7.04. The summed E-state index contributed by atoms with van der Waals surface area (Å²) in [5.41, 5.74) is 1.45. The van der Waals surface area contributed by atoms with Crippen molar-refractivity contribution in [3.63, 3.8) is 0 Å². The first-order chi connectivity index (χ1) is 8.28. The zero-order valence-electron chi connectivity index (χ0n) is 11.5. The van der Waals surface area contributed by atoms with Crippen LogP contribution in [0.3, 0.4) is 0 Å². The summed E-state index contributed by atoms with van der Waals surface area (Å²) in [5, 5.41) is 7.02. The number of halogens is 2. The highest BCUT2D eigenvalue weighted by Crippen LogP contribution is 2.21. The minimum atomic E-state index is 0.175. The summed E-state index contributed by atoms with van der Waals surface area (Å²) in [4.78, 5) is 0. The van der Waals surface area contributed by atoms with Gasteiger partial charge >= 0.3 is 0 Å². The highest BCUT2D eigenvalue weighted by Gasteiger charge is 2.11. The number of hydrogen-bond acceptors (Lipinski definition) is 2. The molecule has 0 aliphatic heterocycles. The van der Waals surface area contributed by atoms with Crippen molar-refractivity contribution >= 4 is 31.9 Å². The largest absolute Gasteiger partial charge is 0.311 e. The fourth-order valence-electron chi connectivity index (χ4n) is 1.48. The van der Waals surface area contributed by atoms with Gasteiger partial charge in [-0.15, -0.1) is 0 Å². The van der Waals surface area contributed by atoms with Gasteiger partial charge in [-0.1, -0.05) is 37.9 Å². The predicted octanol–water partition coefficient (Wildman–Crippen LogP) is 4.08. The molecule has 0 radical (unpaired) electrons. The number of hydrogen-bond donors (Lipinski definition) is 2. The lowest BCUT2D eigenvalue weighted by Gasteiger charge is -2.24. The molecule has 0 aliphatic carbocycles. The average Bonchev–Trinajstić information content (AvgIpc) is 2.24. The van der Waals surface area contributed by atoms with Gasteiger partial charge in [0, 0.05) is 33.6 Å². The molecule has 1 unspecified atom stereocenters. The highest BCUT2D eigenvalue weighted by atomic mass is 79.9. The topological polar surface area (TPSA) is 24.1 Å². The van der Waals surface area contributed by atoms with Gasteiger partial charge in [0.25, 0.3) is 0 Å². The van der Waals surface area contributed by atoms with Crippen LogP contribution in [0.15, 0.2) is 27.1 Å². The molecule has 2 N–H and O–H groups in total. The molecule has 1 aromatic carbocycles. The third-order valence-electron chi connectivity index (χ3n) is 2.59.